The maximum Gasteiger partial charge on any atom is 0.137 e. The minimum Gasteiger partial charge on any atom is -0.307 e. The molecule has 0 N–H and O–H groups in total. The molecule has 36 heavy (non-hydrogen) atoms. The molecule has 3 aromatic heterocycles. The van der Waals surface area contributed by atoms with E-state index in [2.05, 4.69) is 124 Å². The molecule has 0 amide bonds. The first-order chi connectivity index (χ1) is 17.9. The molecule has 0 aliphatic rings. The molecule has 3 nitrogen and oxygen atoms in total. The van der Waals surface area contributed by atoms with E-state index in [9.17, 15) is 0 Å². The van der Waals surface area contributed by atoms with Crippen molar-refractivity contribution in [3.63, 3.8) is 0 Å². The normalized spacial score (nSPS) is 11.9. The van der Waals surface area contributed by atoms with Crippen LogP contribution in [0.3, 0.4) is 0 Å². The van der Waals surface area contributed by atoms with Crippen LogP contribution in [0.15, 0.2) is 128 Å². The van der Waals surface area contributed by atoms with Crippen molar-refractivity contribution in [3.8, 4) is 11.5 Å². The zero-order valence-electron chi connectivity index (χ0n) is 19.5. The van der Waals surface area contributed by atoms with Crippen LogP contribution in [0.5, 0.6) is 0 Å². The third kappa shape index (κ3) is 2.54. The lowest BCUT2D eigenvalue weighted by molar-refractivity contribution is 1.08. The third-order valence-electron chi connectivity index (χ3n) is 7.34. The van der Waals surface area contributed by atoms with Crippen LogP contribution in [0.2, 0.25) is 0 Å². The summed E-state index contributed by atoms with van der Waals surface area (Å²) in [4.78, 5) is 4.79. The number of nitrogens with zero attached hydrogens (tertiary/aromatic N) is 3. The number of benzene rings is 5. The van der Waals surface area contributed by atoms with E-state index in [1.54, 1.807) is 0 Å². The molecule has 8 aromatic rings. The van der Waals surface area contributed by atoms with E-state index < -0.39 is 0 Å². The van der Waals surface area contributed by atoms with Crippen molar-refractivity contribution in [1.82, 2.24) is 14.1 Å². The quantitative estimate of drug-likeness (QED) is 0.254. The Kier molecular flexibility index (Phi) is 3.94. The zero-order chi connectivity index (χ0) is 23.6. The highest BCUT2D eigenvalue weighted by Crippen LogP contribution is 2.43. The fourth-order valence-electron chi connectivity index (χ4n) is 5.87. The van der Waals surface area contributed by atoms with Gasteiger partial charge in [-0.25, -0.2) is 4.98 Å². The molecule has 0 saturated carbocycles. The van der Waals surface area contributed by atoms with Crippen molar-refractivity contribution in [1.29, 1.82) is 0 Å². The zero-order valence-corrected chi connectivity index (χ0v) is 19.5. The summed E-state index contributed by atoms with van der Waals surface area (Å²) in [6.45, 7) is 0. The Morgan fingerprint density at radius 1 is 0.417 bits per heavy atom. The summed E-state index contributed by atoms with van der Waals surface area (Å²) in [5.74, 6) is 0.922. The highest BCUT2D eigenvalue weighted by atomic mass is 15.1. The number of rotatable bonds is 2. The largest absolute Gasteiger partial charge is 0.307 e. The van der Waals surface area contributed by atoms with Crippen LogP contribution in [0.25, 0.3) is 65.9 Å². The lowest BCUT2D eigenvalue weighted by Crippen LogP contribution is -2.00. The SMILES string of the molecule is c1ccc(-n2c3c4ccccc4ccc3c3ccc4c5ccccc5n(-c5ccccn5)c4c32)cc1. The predicted octanol–water partition coefficient (Wildman–Crippen LogP) is 8.43. The third-order valence-corrected chi connectivity index (χ3v) is 7.34. The van der Waals surface area contributed by atoms with Crippen molar-refractivity contribution in [3.05, 3.63) is 128 Å². The second-order valence-electron chi connectivity index (χ2n) is 9.25. The van der Waals surface area contributed by atoms with Gasteiger partial charge in [0.2, 0.25) is 0 Å². The van der Waals surface area contributed by atoms with E-state index in [4.69, 9.17) is 4.98 Å². The summed E-state index contributed by atoms with van der Waals surface area (Å²) in [6.07, 6.45) is 1.87. The Bertz CT molecular complexity index is 2080. The average Bonchev–Trinajstić information content (AvgIpc) is 3.47. The molecule has 168 valence electrons. The molecule has 0 unspecified atom stereocenters. The predicted molar refractivity (Wildman–Crippen MR) is 150 cm³/mol. The van der Waals surface area contributed by atoms with Gasteiger partial charge in [0, 0.05) is 38.8 Å². The van der Waals surface area contributed by atoms with Gasteiger partial charge in [0.15, 0.2) is 0 Å². The van der Waals surface area contributed by atoms with E-state index >= 15 is 0 Å². The molecule has 0 bridgehead atoms. The molecule has 3 heteroatoms. The van der Waals surface area contributed by atoms with Gasteiger partial charge in [0.1, 0.15) is 5.82 Å². The minimum atomic E-state index is 0.922. The fraction of sp³-hybridized carbons (Fsp3) is 0. The maximum absolute atomic E-state index is 4.79. The molecule has 0 spiro atoms. The number of para-hydroxylation sites is 2. The topological polar surface area (TPSA) is 22.8 Å². The van der Waals surface area contributed by atoms with Crippen molar-refractivity contribution in [2.45, 2.75) is 0 Å². The lowest BCUT2D eigenvalue weighted by Gasteiger charge is -2.12. The van der Waals surface area contributed by atoms with Gasteiger partial charge >= 0.3 is 0 Å². The molecule has 0 fully saturated rings. The molecular formula is C33H21N3. The monoisotopic (exact) mass is 459 g/mol. The number of pyridine rings is 1. The van der Waals surface area contributed by atoms with Crippen LogP contribution < -0.4 is 0 Å². The number of fused-ring (bicyclic) bond motifs is 9. The van der Waals surface area contributed by atoms with Gasteiger partial charge in [-0.2, -0.15) is 0 Å². The Morgan fingerprint density at radius 2 is 1.06 bits per heavy atom. The van der Waals surface area contributed by atoms with Gasteiger partial charge in [-0.15, -0.1) is 0 Å². The highest BCUT2D eigenvalue weighted by molar-refractivity contribution is 6.26. The van der Waals surface area contributed by atoms with Crippen LogP contribution >= 0.6 is 0 Å². The lowest BCUT2D eigenvalue weighted by atomic mass is 10.0. The van der Waals surface area contributed by atoms with Crippen molar-refractivity contribution >= 4 is 54.4 Å². The molecule has 0 radical (unpaired) electrons. The van der Waals surface area contributed by atoms with Gasteiger partial charge in [-0.05, 0) is 35.7 Å². The number of aromatic nitrogens is 3. The minimum absolute atomic E-state index is 0.922. The van der Waals surface area contributed by atoms with E-state index in [-0.39, 0.29) is 0 Å². The summed E-state index contributed by atoms with van der Waals surface area (Å²) in [5.41, 5.74) is 5.93. The van der Waals surface area contributed by atoms with E-state index in [1.807, 2.05) is 12.3 Å². The van der Waals surface area contributed by atoms with Gasteiger partial charge in [-0.3, -0.25) is 4.57 Å². The Hall–Kier alpha value is -4.89. The fourth-order valence-corrected chi connectivity index (χ4v) is 5.87. The first-order valence-electron chi connectivity index (χ1n) is 12.2. The number of hydrogen-bond acceptors (Lipinski definition) is 1. The Balaban J connectivity index is 1.71. The standard InChI is InChI=1S/C33H21N3/c1-2-11-23(12-3-1)35-31-24-13-5-4-10-22(24)17-18-27(31)28-20-19-26-25-14-6-7-15-29(25)36(33(26)32(28)35)30-16-8-9-21-34-30/h1-21H. The molecule has 0 aliphatic carbocycles. The van der Waals surface area contributed by atoms with Crippen molar-refractivity contribution in [2.24, 2.45) is 0 Å². The molecule has 0 saturated heterocycles. The van der Waals surface area contributed by atoms with Gasteiger partial charge < -0.3 is 4.57 Å². The van der Waals surface area contributed by atoms with Gasteiger partial charge in [0.25, 0.3) is 0 Å². The summed E-state index contributed by atoms with van der Waals surface area (Å²) >= 11 is 0. The molecule has 5 aromatic carbocycles. The van der Waals surface area contributed by atoms with E-state index in [0.717, 1.165) is 17.0 Å². The smallest absolute Gasteiger partial charge is 0.137 e. The summed E-state index contributed by atoms with van der Waals surface area (Å²) in [6, 6.07) is 43.3. The first-order valence-corrected chi connectivity index (χ1v) is 12.2. The average molecular weight is 460 g/mol. The van der Waals surface area contributed by atoms with E-state index in [0.29, 0.717) is 0 Å². The van der Waals surface area contributed by atoms with Crippen LogP contribution in [-0.2, 0) is 0 Å². The van der Waals surface area contributed by atoms with Crippen molar-refractivity contribution < 1.29 is 0 Å². The Morgan fingerprint density at radius 3 is 1.89 bits per heavy atom. The van der Waals surface area contributed by atoms with Crippen LogP contribution in [0.4, 0.5) is 0 Å². The van der Waals surface area contributed by atoms with Crippen LogP contribution in [0, 0.1) is 0 Å². The van der Waals surface area contributed by atoms with Gasteiger partial charge in [0.05, 0.1) is 22.1 Å². The summed E-state index contributed by atoms with van der Waals surface area (Å²) in [7, 11) is 0. The molecule has 0 atom stereocenters. The summed E-state index contributed by atoms with van der Waals surface area (Å²) in [5, 5.41) is 7.46. The molecule has 8 rings (SSSR count). The number of hydrogen-bond donors (Lipinski definition) is 0. The first kappa shape index (κ1) is 19.4. The second kappa shape index (κ2) is 7.30. The molecule has 3 heterocycles. The maximum atomic E-state index is 4.79. The molecular weight excluding hydrogens is 438 g/mol. The Labute approximate surface area is 207 Å². The van der Waals surface area contributed by atoms with Crippen molar-refractivity contribution in [2.75, 3.05) is 0 Å². The molecule has 0 aliphatic heterocycles. The van der Waals surface area contributed by atoms with Crippen LogP contribution in [0.1, 0.15) is 0 Å². The summed E-state index contributed by atoms with van der Waals surface area (Å²) < 4.78 is 4.78. The highest BCUT2D eigenvalue weighted by Gasteiger charge is 2.22. The van der Waals surface area contributed by atoms with Gasteiger partial charge in [-0.1, -0.05) is 91.0 Å². The second-order valence-corrected chi connectivity index (χ2v) is 9.25. The van der Waals surface area contributed by atoms with E-state index in [1.165, 1.54) is 48.9 Å². The van der Waals surface area contributed by atoms with Crippen LogP contribution in [-0.4, -0.2) is 14.1 Å².